The number of ketones is 1. The van der Waals surface area contributed by atoms with Crippen molar-refractivity contribution in [2.24, 2.45) is 0 Å². The lowest BCUT2D eigenvalue weighted by molar-refractivity contribution is 0.0602. The van der Waals surface area contributed by atoms with Crippen LogP contribution in [-0.4, -0.2) is 48.7 Å². The molecule has 0 fully saturated rings. The quantitative estimate of drug-likeness (QED) is 0.355. The van der Waals surface area contributed by atoms with Crippen LogP contribution in [0.5, 0.6) is 0 Å². The number of ether oxygens (including phenoxy) is 1. The van der Waals surface area contributed by atoms with Gasteiger partial charge in [-0.05, 0) is 23.8 Å². The van der Waals surface area contributed by atoms with Crippen LogP contribution >= 0.6 is 15.9 Å². The maximum absolute atomic E-state index is 14.3. The summed E-state index contributed by atoms with van der Waals surface area (Å²) >= 11 is 3.19. The van der Waals surface area contributed by atoms with Gasteiger partial charge in [-0.1, -0.05) is 34.1 Å². The first kappa shape index (κ1) is 20.7. The molecule has 3 rings (SSSR count). The molecule has 0 bridgehead atoms. The van der Waals surface area contributed by atoms with Gasteiger partial charge in [0, 0.05) is 35.9 Å². The van der Waals surface area contributed by atoms with Crippen LogP contribution in [0.25, 0.3) is 10.9 Å². The number of carbonyl (C=O) groups excluding carboxylic acids is 3. The Labute approximate surface area is 174 Å². The molecule has 6 nitrogen and oxygen atoms in total. The second-order valence-corrected chi connectivity index (χ2v) is 7.12. The molecule has 0 saturated heterocycles. The van der Waals surface area contributed by atoms with E-state index in [1.807, 2.05) is 0 Å². The molecule has 2 aromatic carbocycles. The number of alkyl halides is 1. The van der Waals surface area contributed by atoms with Crippen LogP contribution in [0.2, 0.25) is 0 Å². The standard InChI is InChI=1S/C21H18BrFN2O4/c1-25(2)20(27)18-17(19(26)11-7-8-12(10-22)14(23)9-11)16-13(21(28)29-3)5-4-6-15(16)24-18/h4-9,24H,10H2,1-3H3. The van der Waals surface area contributed by atoms with Crippen LogP contribution in [0.15, 0.2) is 36.4 Å². The number of rotatable bonds is 5. The molecule has 0 aliphatic carbocycles. The number of halogens is 2. The highest BCUT2D eigenvalue weighted by Gasteiger charge is 2.28. The Balaban J connectivity index is 2.32. The summed E-state index contributed by atoms with van der Waals surface area (Å²) in [4.78, 5) is 42.6. The zero-order chi connectivity index (χ0) is 21.3. The maximum atomic E-state index is 14.3. The van der Waals surface area contributed by atoms with Gasteiger partial charge in [0.15, 0.2) is 5.78 Å². The van der Waals surface area contributed by atoms with Gasteiger partial charge in [-0.15, -0.1) is 0 Å². The number of aromatic nitrogens is 1. The summed E-state index contributed by atoms with van der Waals surface area (Å²) < 4.78 is 19.1. The van der Waals surface area contributed by atoms with Crippen molar-refractivity contribution in [1.29, 1.82) is 0 Å². The third kappa shape index (κ3) is 3.67. The summed E-state index contributed by atoms with van der Waals surface area (Å²) in [5.41, 5.74) is 1.07. The predicted octanol–water partition coefficient (Wildman–Crippen LogP) is 3.92. The Bertz CT molecular complexity index is 1140. The fourth-order valence-electron chi connectivity index (χ4n) is 3.08. The summed E-state index contributed by atoms with van der Waals surface area (Å²) in [6, 6.07) is 8.90. The van der Waals surface area contributed by atoms with Gasteiger partial charge in [-0.2, -0.15) is 0 Å². The largest absolute Gasteiger partial charge is 0.465 e. The van der Waals surface area contributed by atoms with E-state index < -0.39 is 23.5 Å². The zero-order valence-electron chi connectivity index (χ0n) is 16.0. The van der Waals surface area contributed by atoms with Crippen molar-refractivity contribution < 1.29 is 23.5 Å². The maximum Gasteiger partial charge on any atom is 0.338 e. The van der Waals surface area contributed by atoms with Crippen molar-refractivity contribution in [3.8, 4) is 0 Å². The Kier molecular flexibility index (Phi) is 5.83. The molecule has 29 heavy (non-hydrogen) atoms. The lowest BCUT2D eigenvalue weighted by atomic mass is 9.96. The number of nitrogens with zero attached hydrogens (tertiary/aromatic N) is 1. The van der Waals surface area contributed by atoms with Gasteiger partial charge in [0.05, 0.1) is 18.2 Å². The Morgan fingerprint density at radius 2 is 1.90 bits per heavy atom. The first-order chi connectivity index (χ1) is 13.8. The molecule has 0 aliphatic heterocycles. The number of hydrogen-bond acceptors (Lipinski definition) is 4. The molecule has 0 aliphatic rings. The van der Waals surface area contributed by atoms with Crippen LogP contribution < -0.4 is 0 Å². The fraction of sp³-hybridized carbons (Fsp3) is 0.190. The van der Waals surface area contributed by atoms with Gasteiger partial charge >= 0.3 is 5.97 Å². The highest BCUT2D eigenvalue weighted by molar-refractivity contribution is 9.08. The highest BCUT2D eigenvalue weighted by atomic mass is 79.9. The Morgan fingerprint density at radius 1 is 1.17 bits per heavy atom. The van der Waals surface area contributed by atoms with E-state index in [2.05, 4.69) is 20.9 Å². The first-order valence-corrected chi connectivity index (χ1v) is 9.76. The molecule has 150 valence electrons. The van der Waals surface area contributed by atoms with E-state index in [1.54, 1.807) is 26.2 Å². The van der Waals surface area contributed by atoms with E-state index in [0.717, 1.165) is 6.07 Å². The van der Waals surface area contributed by atoms with E-state index in [1.165, 1.54) is 30.2 Å². The van der Waals surface area contributed by atoms with Crippen molar-refractivity contribution in [2.75, 3.05) is 21.2 Å². The van der Waals surface area contributed by atoms with E-state index in [-0.39, 0.29) is 27.8 Å². The molecule has 0 spiro atoms. The number of methoxy groups -OCH3 is 1. The van der Waals surface area contributed by atoms with Crippen LogP contribution in [0, 0.1) is 5.82 Å². The number of fused-ring (bicyclic) bond motifs is 1. The Morgan fingerprint density at radius 3 is 2.48 bits per heavy atom. The summed E-state index contributed by atoms with van der Waals surface area (Å²) in [6.07, 6.45) is 0. The molecule has 1 heterocycles. The number of H-pyrrole nitrogens is 1. The third-order valence-electron chi connectivity index (χ3n) is 4.54. The predicted molar refractivity (Wildman–Crippen MR) is 110 cm³/mol. The van der Waals surface area contributed by atoms with E-state index in [4.69, 9.17) is 4.74 Å². The number of carbonyl (C=O) groups is 3. The summed E-state index contributed by atoms with van der Waals surface area (Å²) in [7, 11) is 4.33. The molecule has 1 aromatic heterocycles. The molecule has 3 aromatic rings. The summed E-state index contributed by atoms with van der Waals surface area (Å²) in [6.45, 7) is 0. The molecule has 0 atom stereocenters. The number of amides is 1. The van der Waals surface area contributed by atoms with Gasteiger partial charge in [0.2, 0.25) is 0 Å². The number of nitrogens with one attached hydrogen (secondary N) is 1. The SMILES string of the molecule is COC(=O)c1cccc2[nH]c(C(=O)N(C)C)c(C(=O)c3ccc(CBr)c(F)c3)c12. The second kappa shape index (κ2) is 8.16. The van der Waals surface area contributed by atoms with Crippen molar-refractivity contribution in [3.63, 3.8) is 0 Å². The number of aromatic amines is 1. The highest BCUT2D eigenvalue weighted by Crippen LogP contribution is 2.30. The molecule has 1 N–H and O–H groups in total. The minimum atomic E-state index is -0.645. The third-order valence-corrected chi connectivity index (χ3v) is 5.14. The van der Waals surface area contributed by atoms with Crippen LogP contribution in [0.3, 0.4) is 0 Å². The number of esters is 1. The van der Waals surface area contributed by atoms with Crippen LogP contribution in [0.1, 0.15) is 42.3 Å². The number of benzene rings is 2. The van der Waals surface area contributed by atoms with E-state index in [9.17, 15) is 18.8 Å². The van der Waals surface area contributed by atoms with Gasteiger partial charge in [0.1, 0.15) is 11.5 Å². The normalized spacial score (nSPS) is 10.8. The summed E-state index contributed by atoms with van der Waals surface area (Å²) in [5.74, 6) is -2.20. The average molecular weight is 461 g/mol. The summed E-state index contributed by atoms with van der Waals surface area (Å²) in [5, 5.41) is 0.566. The van der Waals surface area contributed by atoms with Crippen molar-refractivity contribution in [1.82, 2.24) is 9.88 Å². The molecule has 0 radical (unpaired) electrons. The molecular formula is C21H18BrFN2O4. The zero-order valence-corrected chi connectivity index (χ0v) is 17.6. The van der Waals surface area contributed by atoms with Gasteiger partial charge in [-0.3, -0.25) is 9.59 Å². The molecule has 8 heteroatoms. The lowest BCUT2D eigenvalue weighted by Crippen LogP contribution is -2.24. The molecule has 1 amide bonds. The van der Waals surface area contributed by atoms with E-state index in [0.29, 0.717) is 16.4 Å². The van der Waals surface area contributed by atoms with Crippen molar-refractivity contribution >= 4 is 44.5 Å². The van der Waals surface area contributed by atoms with Gasteiger partial charge < -0.3 is 14.6 Å². The molecular weight excluding hydrogens is 443 g/mol. The fourth-order valence-corrected chi connectivity index (χ4v) is 3.54. The topological polar surface area (TPSA) is 79.5 Å². The van der Waals surface area contributed by atoms with Crippen LogP contribution in [-0.2, 0) is 10.1 Å². The number of hydrogen-bond donors (Lipinski definition) is 1. The van der Waals surface area contributed by atoms with Crippen LogP contribution in [0.4, 0.5) is 4.39 Å². The molecule has 0 unspecified atom stereocenters. The Hall–Kier alpha value is -3.00. The monoisotopic (exact) mass is 460 g/mol. The lowest BCUT2D eigenvalue weighted by Gasteiger charge is -2.11. The second-order valence-electron chi connectivity index (χ2n) is 6.56. The minimum Gasteiger partial charge on any atom is -0.465 e. The van der Waals surface area contributed by atoms with Crippen molar-refractivity contribution in [3.05, 3.63) is 70.2 Å². The van der Waals surface area contributed by atoms with Crippen molar-refractivity contribution in [2.45, 2.75) is 5.33 Å². The minimum absolute atomic E-state index is 0.00527. The first-order valence-electron chi connectivity index (χ1n) is 8.63. The smallest absolute Gasteiger partial charge is 0.338 e. The van der Waals surface area contributed by atoms with E-state index >= 15 is 0 Å². The van der Waals surface area contributed by atoms with Gasteiger partial charge in [-0.25, -0.2) is 9.18 Å². The average Bonchev–Trinajstić information content (AvgIpc) is 3.11. The molecule has 0 saturated carbocycles. The van der Waals surface area contributed by atoms with Gasteiger partial charge in [0.25, 0.3) is 5.91 Å².